The number of Topliss-reactive ketones (excluding diaryl/α,β-unsaturated/α-hetero) is 1. The lowest BCUT2D eigenvalue weighted by atomic mass is 9.94. The average molecular weight is 541 g/mol. The Balaban J connectivity index is 2.07. The molecule has 2 aromatic rings. The van der Waals surface area contributed by atoms with E-state index in [1.54, 1.807) is 36.4 Å². The maximum Gasteiger partial charge on any atom is 0.295 e. The van der Waals surface area contributed by atoms with Gasteiger partial charge in [-0.2, -0.15) is 0 Å². The molecular weight excluding hydrogens is 500 g/mol. The molecule has 0 aliphatic carbocycles. The summed E-state index contributed by atoms with van der Waals surface area (Å²) in [5, 5.41) is 11.4. The van der Waals surface area contributed by atoms with Crippen LogP contribution in [0.5, 0.6) is 23.0 Å². The van der Waals surface area contributed by atoms with Crippen LogP contribution in [-0.4, -0.2) is 81.7 Å². The molecule has 0 aromatic heterocycles. The molecule has 1 unspecified atom stereocenters. The summed E-state index contributed by atoms with van der Waals surface area (Å²) in [4.78, 5) is 30.2. The third kappa shape index (κ3) is 6.84. The number of likely N-dealkylation sites (tertiary alicyclic amines) is 1. The van der Waals surface area contributed by atoms with E-state index < -0.39 is 17.7 Å². The van der Waals surface area contributed by atoms with Gasteiger partial charge in [0, 0.05) is 12.1 Å². The van der Waals surface area contributed by atoms with E-state index in [0.717, 1.165) is 25.8 Å². The van der Waals surface area contributed by atoms with Gasteiger partial charge in [0.15, 0.2) is 11.5 Å². The van der Waals surface area contributed by atoms with E-state index in [2.05, 4.69) is 6.92 Å². The lowest BCUT2D eigenvalue weighted by Gasteiger charge is -2.27. The van der Waals surface area contributed by atoms with Gasteiger partial charge in [-0.05, 0) is 75.4 Å². The van der Waals surface area contributed by atoms with E-state index in [4.69, 9.17) is 18.9 Å². The molecule has 1 N–H and O–H groups in total. The highest BCUT2D eigenvalue weighted by Crippen LogP contribution is 2.45. The summed E-state index contributed by atoms with van der Waals surface area (Å²) in [7, 11) is 8.40. The molecule has 3 rings (SSSR count). The average Bonchev–Trinajstić information content (AvgIpc) is 3.19. The van der Waals surface area contributed by atoms with Crippen molar-refractivity contribution in [3.63, 3.8) is 0 Å². The highest BCUT2D eigenvalue weighted by molar-refractivity contribution is 6.46. The first kappa shape index (κ1) is 29.8. The summed E-state index contributed by atoms with van der Waals surface area (Å²) in [5.74, 6) is 0.182. The minimum absolute atomic E-state index is 0.00994. The molecule has 1 saturated heterocycles. The lowest BCUT2D eigenvalue weighted by molar-refractivity contribution is -0.139. The van der Waals surface area contributed by atoms with Crippen LogP contribution in [0.25, 0.3) is 5.76 Å². The van der Waals surface area contributed by atoms with Crippen molar-refractivity contribution in [3.05, 3.63) is 53.1 Å². The van der Waals surface area contributed by atoms with Gasteiger partial charge < -0.3 is 33.9 Å². The number of ketones is 1. The number of unbranched alkanes of at least 4 members (excludes halogenated alkanes) is 2. The van der Waals surface area contributed by atoms with Crippen molar-refractivity contribution in [1.29, 1.82) is 0 Å². The van der Waals surface area contributed by atoms with Crippen molar-refractivity contribution < 1.29 is 33.6 Å². The van der Waals surface area contributed by atoms with Crippen molar-refractivity contribution in [1.82, 2.24) is 9.80 Å². The quantitative estimate of drug-likeness (QED) is 0.160. The molecule has 212 valence electrons. The highest BCUT2D eigenvalue weighted by atomic mass is 16.5. The normalized spacial score (nSPS) is 16.6. The molecule has 39 heavy (non-hydrogen) atoms. The number of aliphatic hydroxyl groups is 1. The number of methoxy groups -OCH3 is 3. The monoisotopic (exact) mass is 540 g/mol. The molecule has 1 fully saturated rings. The third-order valence-electron chi connectivity index (χ3n) is 6.69. The van der Waals surface area contributed by atoms with Crippen LogP contribution in [0.1, 0.15) is 49.8 Å². The zero-order valence-corrected chi connectivity index (χ0v) is 23.8. The number of aliphatic hydroxyl groups excluding tert-OH is 1. The van der Waals surface area contributed by atoms with Gasteiger partial charge in [0.05, 0.1) is 39.6 Å². The SMILES string of the molecule is CCCCCOc1ccc(/C(O)=C2\C(=O)C(=O)N(CCCN(C)C)C2c2cc(OC)c(OC)c(OC)c2)cc1. The predicted molar refractivity (Wildman–Crippen MR) is 150 cm³/mol. The van der Waals surface area contributed by atoms with E-state index in [1.165, 1.54) is 26.2 Å². The van der Waals surface area contributed by atoms with Crippen LogP contribution in [0.3, 0.4) is 0 Å². The van der Waals surface area contributed by atoms with E-state index >= 15 is 0 Å². The number of amides is 1. The first-order chi connectivity index (χ1) is 18.8. The van der Waals surface area contributed by atoms with Crippen LogP contribution in [0.15, 0.2) is 42.0 Å². The second-order valence-electron chi connectivity index (χ2n) is 9.69. The number of benzene rings is 2. The Hall–Kier alpha value is -3.72. The third-order valence-corrected chi connectivity index (χ3v) is 6.69. The van der Waals surface area contributed by atoms with E-state index in [0.29, 0.717) is 53.7 Å². The Kier molecular flexibility index (Phi) is 10.6. The molecule has 1 heterocycles. The molecule has 2 aromatic carbocycles. The van der Waals surface area contributed by atoms with Gasteiger partial charge in [-0.3, -0.25) is 9.59 Å². The summed E-state index contributed by atoms with van der Waals surface area (Å²) < 4.78 is 22.3. The minimum Gasteiger partial charge on any atom is -0.507 e. The van der Waals surface area contributed by atoms with Crippen molar-refractivity contribution in [3.8, 4) is 23.0 Å². The largest absolute Gasteiger partial charge is 0.507 e. The molecule has 1 aliphatic rings. The first-order valence-electron chi connectivity index (χ1n) is 13.2. The second-order valence-corrected chi connectivity index (χ2v) is 9.69. The summed E-state index contributed by atoms with van der Waals surface area (Å²) in [6.45, 7) is 3.79. The molecule has 0 saturated carbocycles. The number of hydrogen-bond acceptors (Lipinski definition) is 8. The molecule has 9 nitrogen and oxygen atoms in total. The Bertz CT molecular complexity index is 1150. The number of carbonyl (C=O) groups excluding carboxylic acids is 2. The first-order valence-corrected chi connectivity index (χ1v) is 13.2. The predicted octanol–water partition coefficient (Wildman–Crippen LogP) is 4.65. The van der Waals surface area contributed by atoms with Gasteiger partial charge in [-0.1, -0.05) is 19.8 Å². The van der Waals surface area contributed by atoms with Gasteiger partial charge >= 0.3 is 0 Å². The summed E-state index contributed by atoms with van der Waals surface area (Å²) >= 11 is 0. The maximum absolute atomic E-state index is 13.4. The molecule has 9 heteroatoms. The van der Waals surface area contributed by atoms with Gasteiger partial charge in [0.2, 0.25) is 5.75 Å². The molecule has 0 spiro atoms. The minimum atomic E-state index is -0.842. The van der Waals surface area contributed by atoms with Crippen LogP contribution in [0.4, 0.5) is 0 Å². The molecular formula is C30H40N2O7. The Morgan fingerprint density at radius 2 is 1.59 bits per heavy atom. The summed E-state index contributed by atoms with van der Waals surface area (Å²) in [6.07, 6.45) is 3.81. The van der Waals surface area contributed by atoms with Crippen LogP contribution in [-0.2, 0) is 9.59 Å². The highest BCUT2D eigenvalue weighted by Gasteiger charge is 2.46. The molecule has 0 radical (unpaired) electrons. The van der Waals surface area contributed by atoms with E-state index in [-0.39, 0.29) is 11.3 Å². The van der Waals surface area contributed by atoms with Crippen molar-refractivity contribution >= 4 is 17.4 Å². The van der Waals surface area contributed by atoms with Crippen LogP contribution >= 0.6 is 0 Å². The summed E-state index contributed by atoms with van der Waals surface area (Å²) in [5.41, 5.74) is 0.987. The number of rotatable bonds is 14. The van der Waals surface area contributed by atoms with Crippen LogP contribution in [0, 0.1) is 0 Å². The fraction of sp³-hybridized carbons (Fsp3) is 0.467. The number of hydrogen-bond donors (Lipinski definition) is 1. The zero-order valence-electron chi connectivity index (χ0n) is 23.8. The van der Waals surface area contributed by atoms with Gasteiger partial charge in [0.25, 0.3) is 11.7 Å². The Morgan fingerprint density at radius 1 is 0.949 bits per heavy atom. The zero-order chi connectivity index (χ0) is 28.5. The van der Waals surface area contributed by atoms with Crippen LogP contribution in [0.2, 0.25) is 0 Å². The molecule has 1 atom stereocenters. The summed E-state index contributed by atoms with van der Waals surface area (Å²) in [6, 6.07) is 9.46. The molecule has 0 bridgehead atoms. The van der Waals surface area contributed by atoms with Crippen molar-refractivity contribution in [2.45, 2.75) is 38.6 Å². The van der Waals surface area contributed by atoms with E-state index in [1.807, 2.05) is 19.0 Å². The topological polar surface area (TPSA) is 97.8 Å². The number of nitrogens with zero attached hydrogens (tertiary/aromatic N) is 2. The Morgan fingerprint density at radius 3 is 2.13 bits per heavy atom. The lowest BCUT2D eigenvalue weighted by Crippen LogP contribution is -2.32. The van der Waals surface area contributed by atoms with Gasteiger partial charge in [0.1, 0.15) is 11.5 Å². The van der Waals surface area contributed by atoms with Crippen molar-refractivity contribution in [2.75, 3.05) is 55.1 Å². The fourth-order valence-electron chi connectivity index (χ4n) is 4.68. The fourth-order valence-corrected chi connectivity index (χ4v) is 4.68. The standard InChI is InChI=1S/C30H40N2O7/c1-7-8-9-17-39-22-13-11-20(12-14-22)27(33)25-26(32(30(35)28(25)34)16-10-15-31(2)3)21-18-23(36-4)29(38-6)24(19-21)37-5/h11-14,18-19,26,33H,7-10,15-17H2,1-6H3/b27-25+. The molecule has 1 amide bonds. The second kappa shape index (κ2) is 13.9. The maximum atomic E-state index is 13.4. The smallest absolute Gasteiger partial charge is 0.295 e. The van der Waals surface area contributed by atoms with E-state index in [9.17, 15) is 14.7 Å². The van der Waals surface area contributed by atoms with Gasteiger partial charge in [-0.15, -0.1) is 0 Å². The van der Waals surface area contributed by atoms with Crippen molar-refractivity contribution in [2.24, 2.45) is 0 Å². The van der Waals surface area contributed by atoms with Crippen LogP contribution < -0.4 is 18.9 Å². The number of carbonyl (C=O) groups is 2. The van der Waals surface area contributed by atoms with Gasteiger partial charge in [-0.25, -0.2) is 0 Å². The Labute approximate surface area is 230 Å². The molecule has 1 aliphatic heterocycles. The number of ether oxygens (including phenoxy) is 4.